The number of nitrogens with one attached hydrogen (secondary N) is 2. The zero-order valence-electron chi connectivity index (χ0n) is 17.8. The van der Waals surface area contributed by atoms with Gasteiger partial charge in [-0.3, -0.25) is 9.78 Å². The van der Waals surface area contributed by atoms with E-state index in [1.165, 1.54) is 0 Å². The molecule has 162 valence electrons. The maximum atomic E-state index is 13.0. The van der Waals surface area contributed by atoms with E-state index in [-0.39, 0.29) is 5.56 Å². The first-order valence-corrected chi connectivity index (χ1v) is 10.3. The Hall–Kier alpha value is -4.65. The maximum Gasteiger partial charge on any atom is 0.262 e. The molecule has 2 N–H and O–H groups in total. The number of nitrogens with zero attached hydrogens (tertiary/aromatic N) is 2. The van der Waals surface area contributed by atoms with Crippen LogP contribution in [0.4, 0.5) is 11.6 Å². The maximum absolute atomic E-state index is 13.0. The van der Waals surface area contributed by atoms with Crippen LogP contribution in [-0.4, -0.2) is 22.1 Å². The van der Waals surface area contributed by atoms with Crippen LogP contribution in [0, 0.1) is 0 Å². The highest BCUT2D eigenvalue weighted by Crippen LogP contribution is 2.28. The average molecular weight is 436 g/mol. The van der Waals surface area contributed by atoms with Crippen molar-refractivity contribution in [1.29, 1.82) is 0 Å². The van der Waals surface area contributed by atoms with Gasteiger partial charge in [0.1, 0.15) is 17.2 Å². The quantitative estimate of drug-likeness (QED) is 0.364. The van der Waals surface area contributed by atoms with E-state index >= 15 is 0 Å². The second-order valence-corrected chi connectivity index (χ2v) is 7.27. The summed E-state index contributed by atoms with van der Waals surface area (Å²) >= 11 is 0. The monoisotopic (exact) mass is 436 g/mol. The summed E-state index contributed by atoms with van der Waals surface area (Å²) in [7, 11) is 1.61. The van der Waals surface area contributed by atoms with Crippen LogP contribution in [0.15, 0.2) is 95.9 Å². The number of fused-ring (bicyclic) bond motifs is 1. The van der Waals surface area contributed by atoms with E-state index in [0.717, 1.165) is 22.6 Å². The fourth-order valence-corrected chi connectivity index (χ4v) is 3.52. The second kappa shape index (κ2) is 8.84. The Labute approximate surface area is 189 Å². The zero-order valence-corrected chi connectivity index (χ0v) is 17.8. The molecule has 0 unspecified atom stereocenters. The molecule has 2 aromatic heterocycles. The van der Waals surface area contributed by atoms with Gasteiger partial charge < -0.3 is 14.8 Å². The zero-order chi connectivity index (χ0) is 22.6. The summed E-state index contributed by atoms with van der Waals surface area (Å²) in [5, 5.41) is 3.54. The van der Waals surface area contributed by atoms with E-state index in [1.54, 1.807) is 19.4 Å². The predicted octanol–water partition coefficient (Wildman–Crippen LogP) is 5.53. The molecule has 7 heteroatoms. The molecule has 33 heavy (non-hydrogen) atoms. The van der Waals surface area contributed by atoms with Crippen LogP contribution < -0.4 is 20.3 Å². The Bertz CT molecular complexity index is 1470. The minimum atomic E-state index is -0.280. The number of para-hydroxylation sites is 1. The number of aromatic nitrogens is 3. The van der Waals surface area contributed by atoms with Gasteiger partial charge in [-0.25, -0.2) is 4.98 Å². The smallest absolute Gasteiger partial charge is 0.262 e. The van der Waals surface area contributed by atoms with Crippen molar-refractivity contribution in [1.82, 2.24) is 15.0 Å². The van der Waals surface area contributed by atoms with Crippen LogP contribution in [0.2, 0.25) is 0 Å². The normalized spacial score (nSPS) is 10.7. The summed E-state index contributed by atoms with van der Waals surface area (Å²) in [6.45, 7) is 0. The summed E-state index contributed by atoms with van der Waals surface area (Å²) in [5.74, 6) is 2.48. The van der Waals surface area contributed by atoms with E-state index < -0.39 is 0 Å². The third kappa shape index (κ3) is 4.38. The molecule has 0 aliphatic carbocycles. The van der Waals surface area contributed by atoms with Crippen LogP contribution >= 0.6 is 0 Å². The van der Waals surface area contributed by atoms with Crippen LogP contribution in [0.3, 0.4) is 0 Å². The summed E-state index contributed by atoms with van der Waals surface area (Å²) < 4.78 is 11.1. The number of hydrogen-bond acceptors (Lipinski definition) is 6. The molecule has 0 atom stereocenters. The predicted molar refractivity (Wildman–Crippen MR) is 128 cm³/mol. The third-order valence-electron chi connectivity index (χ3n) is 5.08. The Morgan fingerprint density at radius 2 is 1.61 bits per heavy atom. The Balaban J connectivity index is 1.42. The molecule has 0 spiro atoms. The number of pyridine rings is 1. The number of H-pyrrole nitrogens is 1. The van der Waals surface area contributed by atoms with Crippen molar-refractivity contribution in [3.63, 3.8) is 0 Å². The van der Waals surface area contributed by atoms with Crippen molar-refractivity contribution >= 4 is 22.7 Å². The molecule has 7 nitrogen and oxygen atoms in total. The van der Waals surface area contributed by atoms with Crippen molar-refractivity contribution in [2.75, 3.05) is 12.4 Å². The first kappa shape index (κ1) is 20.3. The molecule has 0 amide bonds. The molecule has 2 heterocycles. The van der Waals surface area contributed by atoms with Crippen LogP contribution in [-0.2, 0) is 0 Å². The standard InChI is InChI=1S/C26H20N4O3/c1-32-21-9-5-6-17(16-21)22-14-15-27-24-23(22)25(31)30-26(29-24)28-18-10-12-20(13-11-18)33-19-7-3-2-4-8-19/h2-16H,1H3,(H2,27,28,29,30,31). The van der Waals surface area contributed by atoms with E-state index in [2.05, 4.69) is 20.3 Å². The van der Waals surface area contributed by atoms with Crippen LogP contribution in [0.5, 0.6) is 17.2 Å². The molecule has 0 aliphatic heterocycles. The van der Waals surface area contributed by atoms with E-state index in [9.17, 15) is 4.79 Å². The molecule has 0 bridgehead atoms. The highest BCUT2D eigenvalue weighted by atomic mass is 16.5. The van der Waals surface area contributed by atoms with Gasteiger partial charge in [-0.05, 0) is 65.7 Å². The first-order valence-electron chi connectivity index (χ1n) is 10.3. The Morgan fingerprint density at radius 1 is 0.848 bits per heavy atom. The highest BCUT2D eigenvalue weighted by Gasteiger charge is 2.12. The molecule has 0 radical (unpaired) electrons. The van der Waals surface area contributed by atoms with Gasteiger partial charge in [-0.15, -0.1) is 0 Å². The number of ether oxygens (including phenoxy) is 2. The van der Waals surface area contributed by atoms with Crippen LogP contribution in [0.25, 0.3) is 22.2 Å². The Morgan fingerprint density at radius 3 is 2.39 bits per heavy atom. The van der Waals surface area contributed by atoms with Gasteiger partial charge in [0.2, 0.25) is 5.95 Å². The minimum absolute atomic E-state index is 0.280. The third-order valence-corrected chi connectivity index (χ3v) is 5.08. The van der Waals surface area contributed by atoms with Gasteiger partial charge in [0.25, 0.3) is 5.56 Å². The van der Waals surface area contributed by atoms with Gasteiger partial charge in [0.15, 0.2) is 5.65 Å². The van der Waals surface area contributed by atoms with Crippen molar-refractivity contribution in [2.45, 2.75) is 0 Å². The van der Waals surface area contributed by atoms with E-state index in [1.807, 2.05) is 78.9 Å². The van der Waals surface area contributed by atoms with Crippen molar-refractivity contribution in [3.8, 4) is 28.4 Å². The van der Waals surface area contributed by atoms with Crippen molar-refractivity contribution in [2.24, 2.45) is 0 Å². The number of rotatable bonds is 6. The number of methoxy groups -OCH3 is 1. The fraction of sp³-hybridized carbons (Fsp3) is 0.0385. The lowest BCUT2D eigenvalue weighted by atomic mass is 10.0. The summed E-state index contributed by atoms with van der Waals surface area (Å²) in [6.07, 6.45) is 1.64. The van der Waals surface area contributed by atoms with E-state index in [4.69, 9.17) is 9.47 Å². The summed E-state index contributed by atoms with van der Waals surface area (Å²) in [5.41, 5.74) is 2.41. The van der Waals surface area contributed by atoms with Crippen LogP contribution in [0.1, 0.15) is 0 Å². The lowest BCUT2D eigenvalue weighted by Gasteiger charge is -2.10. The lowest BCUT2D eigenvalue weighted by Crippen LogP contribution is -2.13. The topological polar surface area (TPSA) is 89.1 Å². The minimum Gasteiger partial charge on any atom is -0.497 e. The summed E-state index contributed by atoms with van der Waals surface area (Å²) in [4.78, 5) is 24.6. The van der Waals surface area contributed by atoms with Gasteiger partial charge >= 0.3 is 0 Å². The van der Waals surface area contributed by atoms with Crippen molar-refractivity contribution in [3.05, 3.63) is 101 Å². The fourth-order valence-electron chi connectivity index (χ4n) is 3.52. The average Bonchev–Trinajstić information content (AvgIpc) is 2.85. The van der Waals surface area contributed by atoms with Gasteiger partial charge in [-0.2, -0.15) is 4.98 Å². The molecule has 5 rings (SSSR count). The van der Waals surface area contributed by atoms with Crippen molar-refractivity contribution < 1.29 is 9.47 Å². The number of aromatic amines is 1. The molecule has 0 saturated heterocycles. The largest absolute Gasteiger partial charge is 0.497 e. The van der Waals surface area contributed by atoms with E-state index in [0.29, 0.717) is 28.5 Å². The Kier molecular flexibility index (Phi) is 5.43. The molecule has 0 saturated carbocycles. The lowest BCUT2D eigenvalue weighted by molar-refractivity contribution is 0.415. The molecule has 0 fully saturated rings. The summed E-state index contributed by atoms with van der Waals surface area (Å²) in [6, 6.07) is 26.3. The number of hydrogen-bond donors (Lipinski definition) is 2. The first-order chi connectivity index (χ1) is 16.2. The molecular formula is C26H20N4O3. The molecule has 5 aromatic rings. The van der Waals surface area contributed by atoms with Gasteiger partial charge in [-0.1, -0.05) is 30.3 Å². The number of benzene rings is 3. The van der Waals surface area contributed by atoms with Gasteiger partial charge in [0, 0.05) is 11.9 Å². The second-order valence-electron chi connectivity index (χ2n) is 7.27. The van der Waals surface area contributed by atoms with Gasteiger partial charge in [0.05, 0.1) is 12.5 Å². The highest BCUT2D eigenvalue weighted by molar-refractivity contribution is 5.92. The number of anilines is 2. The SMILES string of the molecule is COc1cccc(-c2ccnc3nc(Nc4ccc(Oc5ccccc5)cc4)[nH]c(=O)c23)c1. The molecule has 0 aliphatic rings. The molecular weight excluding hydrogens is 416 g/mol. The molecule has 3 aromatic carbocycles.